The first kappa shape index (κ1) is 21.0. The van der Waals surface area contributed by atoms with Crippen LogP contribution in [0, 0.1) is 11.6 Å². The van der Waals surface area contributed by atoms with Gasteiger partial charge >= 0.3 is 0 Å². The van der Waals surface area contributed by atoms with Crippen molar-refractivity contribution < 1.29 is 13.6 Å². The number of rotatable bonds is 6. The molecule has 0 bridgehead atoms. The predicted octanol–water partition coefficient (Wildman–Crippen LogP) is 5.60. The maximum absolute atomic E-state index is 13.8. The van der Waals surface area contributed by atoms with Crippen LogP contribution in [0.25, 0.3) is 17.1 Å². The second-order valence-electron chi connectivity index (χ2n) is 6.45. The predicted molar refractivity (Wildman–Crippen MR) is 118 cm³/mol. The number of thioether (sulfide) groups is 1. The Labute approximate surface area is 186 Å². The maximum Gasteiger partial charge on any atom is 0.234 e. The lowest BCUT2D eigenvalue weighted by Gasteiger charge is -2.11. The lowest BCUT2D eigenvalue weighted by Crippen LogP contribution is -2.15. The van der Waals surface area contributed by atoms with Gasteiger partial charge in [0.1, 0.15) is 11.6 Å². The molecule has 31 heavy (non-hydrogen) atoms. The van der Waals surface area contributed by atoms with Gasteiger partial charge in [-0.2, -0.15) is 0 Å². The van der Waals surface area contributed by atoms with Crippen molar-refractivity contribution in [3.63, 3.8) is 0 Å². The van der Waals surface area contributed by atoms with Crippen molar-refractivity contribution in [2.45, 2.75) is 5.16 Å². The fraction of sp³-hybridized carbons (Fsp3) is 0.0455. The van der Waals surface area contributed by atoms with E-state index in [4.69, 9.17) is 11.6 Å². The van der Waals surface area contributed by atoms with Crippen molar-refractivity contribution in [2.24, 2.45) is 0 Å². The highest BCUT2D eigenvalue weighted by atomic mass is 35.5. The molecule has 0 spiro atoms. The molecule has 1 amide bonds. The van der Waals surface area contributed by atoms with Gasteiger partial charge in [0.25, 0.3) is 0 Å². The summed E-state index contributed by atoms with van der Waals surface area (Å²) in [6.45, 7) is 0. The van der Waals surface area contributed by atoms with E-state index in [9.17, 15) is 13.6 Å². The van der Waals surface area contributed by atoms with Gasteiger partial charge in [0.15, 0.2) is 11.0 Å². The molecule has 156 valence electrons. The zero-order chi connectivity index (χ0) is 21.8. The summed E-state index contributed by atoms with van der Waals surface area (Å²) in [6.07, 6.45) is 0. The lowest BCUT2D eigenvalue weighted by molar-refractivity contribution is -0.113. The van der Waals surface area contributed by atoms with E-state index in [-0.39, 0.29) is 11.4 Å². The molecule has 0 saturated heterocycles. The quantitative estimate of drug-likeness (QED) is 0.384. The Morgan fingerprint density at radius 1 is 1.00 bits per heavy atom. The minimum atomic E-state index is -0.839. The summed E-state index contributed by atoms with van der Waals surface area (Å²) < 4.78 is 28.7. The minimum absolute atomic E-state index is 0.0443. The van der Waals surface area contributed by atoms with Crippen molar-refractivity contribution >= 4 is 35.0 Å². The number of amides is 1. The number of benzene rings is 3. The second kappa shape index (κ2) is 9.28. The molecule has 9 heteroatoms. The van der Waals surface area contributed by atoms with Gasteiger partial charge in [-0.05, 0) is 36.4 Å². The van der Waals surface area contributed by atoms with Crippen molar-refractivity contribution in [3.05, 3.63) is 89.5 Å². The minimum Gasteiger partial charge on any atom is -0.323 e. The molecule has 0 unspecified atom stereocenters. The first-order valence-corrected chi connectivity index (χ1v) is 10.5. The molecule has 0 radical (unpaired) electrons. The second-order valence-corrected chi connectivity index (χ2v) is 7.82. The Morgan fingerprint density at radius 3 is 2.45 bits per heavy atom. The van der Waals surface area contributed by atoms with E-state index in [0.717, 1.165) is 29.1 Å². The molecule has 0 fully saturated rings. The van der Waals surface area contributed by atoms with Crippen LogP contribution in [0.4, 0.5) is 14.5 Å². The number of carbonyl (C=O) groups excluding carboxylic acids is 1. The number of aromatic nitrogens is 3. The Bertz CT molecular complexity index is 1220. The van der Waals surface area contributed by atoms with E-state index in [1.807, 2.05) is 47.0 Å². The monoisotopic (exact) mass is 456 g/mol. The van der Waals surface area contributed by atoms with Gasteiger partial charge in [-0.15, -0.1) is 10.2 Å². The summed E-state index contributed by atoms with van der Waals surface area (Å²) in [5, 5.41) is 12.0. The average molecular weight is 457 g/mol. The summed E-state index contributed by atoms with van der Waals surface area (Å²) in [4.78, 5) is 12.3. The Hall–Kier alpha value is -3.23. The van der Waals surface area contributed by atoms with Crippen LogP contribution in [0.2, 0.25) is 5.02 Å². The largest absolute Gasteiger partial charge is 0.323 e. The van der Waals surface area contributed by atoms with Gasteiger partial charge in [-0.25, -0.2) is 8.78 Å². The van der Waals surface area contributed by atoms with Gasteiger partial charge in [0.05, 0.1) is 11.4 Å². The molecule has 0 aliphatic carbocycles. The number of carbonyl (C=O) groups is 1. The van der Waals surface area contributed by atoms with Crippen LogP contribution >= 0.6 is 23.4 Å². The zero-order valence-corrected chi connectivity index (χ0v) is 17.5. The Kier molecular flexibility index (Phi) is 6.29. The van der Waals surface area contributed by atoms with Gasteiger partial charge in [0.2, 0.25) is 5.91 Å². The van der Waals surface area contributed by atoms with Crippen LogP contribution in [0.5, 0.6) is 0 Å². The molecule has 4 aromatic rings. The molecule has 1 N–H and O–H groups in total. The van der Waals surface area contributed by atoms with Crippen molar-refractivity contribution in [3.8, 4) is 17.1 Å². The van der Waals surface area contributed by atoms with Crippen molar-refractivity contribution in [1.82, 2.24) is 14.8 Å². The van der Waals surface area contributed by atoms with E-state index in [1.165, 1.54) is 6.07 Å². The number of nitrogens with one attached hydrogen (secondary N) is 1. The SMILES string of the molecule is O=C(CSc1nnc(-c2ccccc2)n1-c1ccc(Cl)cc1)Nc1ccc(F)cc1F. The first-order valence-electron chi connectivity index (χ1n) is 9.16. The molecule has 3 aromatic carbocycles. The van der Waals surface area contributed by atoms with E-state index < -0.39 is 17.5 Å². The Balaban J connectivity index is 1.58. The van der Waals surface area contributed by atoms with Crippen LogP contribution < -0.4 is 5.32 Å². The highest BCUT2D eigenvalue weighted by Gasteiger charge is 2.18. The van der Waals surface area contributed by atoms with Gasteiger partial charge < -0.3 is 5.32 Å². The summed E-state index contributed by atoms with van der Waals surface area (Å²) in [6, 6.07) is 19.7. The van der Waals surface area contributed by atoms with Gasteiger partial charge in [-0.1, -0.05) is 53.7 Å². The topological polar surface area (TPSA) is 59.8 Å². The summed E-state index contributed by atoms with van der Waals surface area (Å²) in [7, 11) is 0. The van der Waals surface area contributed by atoms with Crippen molar-refractivity contribution in [1.29, 1.82) is 0 Å². The van der Waals surface area contributed by atoms with Crippen LogP contribution in [0.3, 0.4) is 0 Å². The number of halogens is 3. The number of hydrogen-bond acceptors (Lipinski definition) is 4. The van der Waals surface area contributed by atoms with Gasteiger partial charge in [-0.3, -0.25) is 9.36 Å². The molecule has 0 saturated carbocycles. The smallest absolute Gasteiger partial charge is 0.234 e. The van der Waals surface area contributed by atoms with E-state index in [1.54, 1.807) is 12.1 Å². The molecule has 4 rings (SSSR count). The molecule has 0 aliphatic heterocycles. The third-order valence-corrected chi connectivity index (χ3v) is 5.47. The van der Waals surface area contributed by atoms with E-state index in [0.29, 0.717) is 22.1 Å². The van der Waals surface area contributed by atoms with Crippen LogP contribution in [-0.2, 0) is 4.79 Å². The fourth-order valence-corrected chi connectivity index (χ4v) is 3.75. The fourth-order valence-electron chi connectivity index (χ4n) is 2.87. The normalized spacial score (nSPS) is 10.8. The first-order chi connectivity index (χ1) is 15.0. The average Bonchev–Trinajstić information content (AvgIpc) is 3.19. The third kappa shape index (κ3) is 4.92. The zero-order valence-electron chi connectivity index (χ0n) is 15.9. The molecule has 0 atom stereocenters. The highest BCUT2D eigenvalue weighted by Crippen LogP contribution is 2.28. The van der Waals surface area contributed by atoms with Crippen LogP contribution in [0.15, 0.2) is 78.0 Å². The summed E-state index contributed by atoms with van der Waals surface area (Å²) >= 11 is 7.16. The molecular formula is C22H15ClF2N4OS. The summed E-state index contributed by atoms with van der Waals surface area (Å²) in [5.41, 5.74) is 1.55. The number of anilines is 1. The third-order valence-electron chi connectivity index (χ3n) is 4.29. The van der Waals surface area contributed by atoms with Crippen LogP contribution in [-0.4, -0.2) is 26.4 Å². The summed E-state index contributed by atoms with van der Waals surface area (Å²) in [5.74, 6) is -1.45. The van der Waals surface area contributed by atoms with Gasteiger partial charge in [0, 0.05) is 22.3 Å². The lowest BCUT2D eigenvalue weighted by atomic mass is 10.2. The molecular weight excluding hydrogens is 442 g/mol. The number of hydrogen-bond donors (Lipinski definition) is 1. The molecule has 0 aliphatic rings. The molecule has 1 heterocycles. The maximum atomic E-state index is 13.8. The van der Waals surface area contributed by atoms with E-state index >= 15 is 0 Å². The highest BCUT2D eigenvalue weighted by molar-refractivity contribution is 7.99. The molecule has 5 nitrogen and oxygen atoms in total. The molecule has 1 aromatic heterocycles. The van der Waals surface area contributed by atoms with Crippen molar-refractivity contribution in [2.75, 3.05) is 11.1 Å². The standard InChI is InChI=1S/C22H15ClF2N4OS/c23-15-6-9-17(10-7-15)29-21(14-4-2-1-3-5-14)27-28-22(29)31-13-20(30)26-19-11-8-16(24)12-18(19)25/h1-12H,13H2,(H,26,30). The number of nitrogens with zero attached hydrogens (tertiary/aromatic N) is 3. The van der Waals surface area contributed by atoms with E-state index in [2.05, 4.69) is 15.5 Å². The Morgan fingerprint density at radius 2 is 1.74 bits per heavy atom. The van der Waals surface area contributed by atoms with Crippen LogP contribution in [0.1, 0.15) is 0 Å².